The van der Waals surface area contributed by atoms with Crippen LogP contribution in [0.4, 0.5) is 0 Å². The van der Waals surface area contributed by atoms with Gasteiger partial charge >= 0.3 is 0 Å². The van der Waals surface area contributed by atoms with E-state index in [1.54, 1.807) is 18.2 Å². The summed E-state index contributed by atoms with van der Waals surface area (Å²) in [4.78, 5) is 12.0. The Kier molecular flexibility index (Phi) is 4.77. The summed E-state index contributed by atoms with van der Waals surface area (Å²) in [5.74, 6) is -0.127. The lowest BCUT2D eigenvalue weighted by Crippen LogP contribution is -2.37. The van der Waals surface area contributed by atoms with Crippen LogP contribution in [0.25, 0.3) is 0 Å². The number of carbonyl (C=O) groups excluding carboxylic acids is 1. The number of halogens is 3. The fourth-order valence-electron chi connectivity index (χ4n) is 2.15. The summed E-state index contributed by atoms with van der Waals surface area (Å²) < 4.78 is 0. The van der Waals surface area contributed by atoms with E-state index >= 15 is 0 Å². The van der Waals surface area contributed by atoms with Crippen LogP contribution in [0.5, 0.6) is 0 Å². The van der Waals surface area contributed by atoms with E-state index in [9.17, 15) is 4.79 Å². The van der Waals surface area contributed by atoms with Gasteiger partial charge in [-0.05, 0) is 43.9 Å². The molecule has 1 amide bonds. The number of carbonyl (C=O) groups is 1. The lowest BCUT2D eigenvalue weighted by atomic mass is 9.95. The molecule has 0 aromatic heterocycles. The van der Waals surface area contributed by atoms with Gasteiger partial charge in [-0.3, -0.25) is 4.79 Å². The molecule has 98 valence electrons. The van der Waals surface area contributed by atoms with Crippen molar-refractivity contribution in [3.8, 4) is 0 Å². The first-order valence-electron chi connectivity index (χ1n) is 5.95. The van der Waals surface area contributed by atoms with Gasteiger partial charge in [0.25, 0.3) is 5.91 Å². The molecule has 0 spiro atoms. The Morgan fingerprint density at radius 2 is 1.61 bits per heavy atom. The molecule has 1 saturated carbocycles. The van der Waals surface area contributed by atoms with Crippen molar-refractivity contribution >= 4 is 40.7 Å². The molecule has 1 aromatic rings. The number of alkyl halides is 1. The Hall–Kier alpha value is -0.440. The molecule has 0 heterocycles. The minimum atomic E-state index is -0.127. The highest BCUT2D eigenvalue weighted by atomic mass is 35.5. The maximum Gasteiger partial charge on any atom is 0.251 e. The van der Waals surface area contributed by atoms with E-state index in [0.29, 0.717) is 15.6 Å². The Bertz CT molecular complexity index is 422. The Balaban J connectivity index is 1.99. The van der Waals surface area contributed by atoms with E-state index < -0.39 is 0 Å². The first-order chi connectivity index (χ1) is 8.54. The van der Waals surface area contributed by atoms with Crippen LogP contribution in [0.15, 0.2) is 18.2 Å². The normalized spacial score (nSPS) is 23.7. The van der Waals surface area contributed by atoms with E-state index in [0.717, 1.165) is 25.7 Å². The number of benzene rings is 1. The van der Waals surface area contributed by atoms with Crippen LogP contribution in [0.1, 0.15) is 36.0 Å². The monoisotopic (exact) mass is 305 g/mol. The second-order valence-electron chi connectivity index (χ2n) is 4.58. The molecule has 18 heavy (non-hydrogen) atoms. The summed E-state index contributed by atoms with van der Waals surface area (Å²) in [7, 11) is 0. The summed E-state index contributed by atoms with van der Waals surface area (Å²) in [5, 5.41) is 4.18. The standard InChI is InChI=1S/C13H14Cl3NO/c14-9-1-3-12(4-2-9)17-13(18)8-5-10(15)7-11(16)6-8/h5-7,9,12H,1-4H2,(H,17,18). The van der Waals surface area contributed by atoms with Gasteiger partial charge < -0.3 is 5.32 Å². The molecule has 1 aliphatic carbocycles. The van der Waals surface area contributed by atoms with Crippen LogP contribution in [0, 0.1) is 0 Å². The van der Waals surface area contributed by atoms with Crippen LogP contribution in [-0.4, -0.2) is 17.3 Å². The average molecular weight is 307 g/mol. The maximum absolute atomic E-state index is 12.0. The lowest BCUT2D eigenvalue weighted by molar-refractivity contribution is 0.0928. The van der Waals surface area contributed by atoms with Gasteiger partial charge in [0.05, 0.1) is 0 Å². The number of rotatable bonds is 2. The van der Waals surface area contributed by atoms with Gasteiger partial charge in [0, 0.05) is 27.0 Å². The number of hydrogen-bond acceptors (Lipinski definition) is 1. The largest absolute Gasteiger partial charge is 0.349 e. The molecule has 0 aliphatic heterocycles. The molecule has 0 saturated heterocycles. The number of nitrogens with one attached hydrogen (secondary N) is 1. The molecule has 0 unspecified atom stereocenters. The zero-order valence-corrected chi connectivity index (χ0v) is 12.0. The molecular weight excluding hydrogens is 293 g/mol. The quantitative estimate of drug-likeness (QED) is 0.812. The van der Waals surface area contributed by atoms with E-state index in [1.165, 1.54) is 0 Å². The number of hydrogen-bond donors (Lipinski definition) is 1. The zero-order chi connectivity index (χ0) is 13.1. The molecule has 1 aliphatic rings. The molecule has 1 N–H and O–H groups in total. The van der Waals surface area contributed by atoms with Crippen molar-refractivity contribution in [2.24, 2.45) is 0 Å². The van der Waals surface area contributed by atoms with Crippen LogP contribution in [0.3, 0.4) is 0 Å². The second kappa shape index (κ2) is 6.14. The molecule has 0 atom stereocenters. The lowest BCUT2D eigenvalue weighted by Gasteiger charge is -2.25. The predicted octanol–water partition coefficient (Wildman–Crippen LogP) is 4.27. The summed E-state index contributed by atoms with van der Waals surface area (Å²) >= 11 is 17.8. The summed E-state index contributed by atoms with van der Waals surface area (Å²) in [6.07, 6.45) is 3.74. The molecule has 5 heteroatoms. The first kappa shape index (κ1) is 14.0. The van der Waals surface area contributed by atoms with Crippen molar-refractivity contribution in [3.05, 3.63) is 33.8 Å². The van der Waals surface area contributed by atoms with Crippen LogP contribution in [-0.2, 0) is 0 Å². The van der Waals surface area contributed by atoms with Gasteiger partial charge in [0.2, 0.25) is 0 Å². The fraction of sp³-hybridized carbons (Fsp3) is 0.462. The highest BCUT2D eigenvalue weighted by Crippen LogP contribution is 2.24. The third-order valence-corrected chi connectivity index (χ3v) is 3.99. The van der Waals surface area contributed by atoms with E-state index in [-0.39, 0.29) is 17.3 Å². The topological polar surface area (TPSA) is 29.1 Å². The molecule has 1 aromatic carbocycles. The summed E-state index contributed by atoms with van der Waals surface area (Å²) in [6, 6.07) is 5.05. The molecular formula is C13H14Cl3NO. The van der Waals surface area contributed by atoms with Gasteiger partial charge in [-0.25, -0.2) is 0 Å². The highest BCUT2D eigenvalue weighted by molar-refractivity contribution is 6.35. The van der Waals surface area contributed by atoms with Gasteiger partial charge in [-0.2, -0.15) is 0 Å². The fourth-order valence-corrected chi connectivity index (χ4v) is 2.93. The van der Waals surface area contributed by atoms with Gasteiger partial charge in [0.1, 0.15) is 0 Å². The van der Waals surface area contributed by atoms with Crippen molar-refractivity contribution in [2.75, 3.05) is 0 Å². The van der Waals surface area contributed by atoms with Crippen LogP contribution >= 0.6 is 34.8 Å². The third-order valence-electron chi connectivity index (χ3n) is 3.12. The van der Waals surface area contributed by atoms with Crippen LogP contribution in [0.2, 0.25) is 10.0 Å². The first-order valence-corrected chi connectivity index (χ1v) is 7.15. The molecule has 2 nitrogen and oxygen atoms in total. The van der Waals surface area contributed by atoms with Crippen molar-refractivity contribution < 1.29 is 4.79 Å². The van der Waals surface area contributed by atoms with Gasteiger partial charge in [0.15, 0.2) is 0 Å². The number of amides is 1. The minimum absolute atomic E-state index is 0.127. The van der Waals surface area contributed by atoms with Crippen molar-refractivity contribution in [2.45, 2.75) is 37.1 Å². The van der Waals surface area contributed by atoms with E-state index in [4.69, 9.17) is 34.8 Å². The summed E-state index contributed by atoms with van der Waals surface area (Å²) in [6.45, 7) is 0. The third kappa shape index (κ3) is 3.78. The van der Waals surface area contributed by atoms with Crippen molar-refractivity contribution in [1.82, 2.24) is 5.32 Å². The SMILES string of the molecule is O=C(NC1CCC(Cl)CC1)c1cc(Cl)cc(Cl)c1. The Morgan fingerprint density at radius 3 is 2.17 bits per heavy atom. The average Bonchev–Trinajstić information content (AvgIpc) is 2.31. The Labute approximate surface area is 122 Å². The van der Waals surface area contributed by atoms with E-state index in [2.05, 4.69) is 5.32 Å². The van der Waals surface area contributed by atoms with Gasteiger partial charge in [-0.1, -0.05) is 23.2 Å². The van der Waals surface area contributed by atoms with Crippen molar-refractivity contribution in [1.29, 1.82) is 0 Å². The molecule has 0 bridgehead atoms. The second-order valence-corrected chi connectivity index (χ2v) is 6.07. The minimum Gasteiger partial charge on any atom is -0.349 e. The molecule has 1 fully saturated rings. The smallest absolute Gasteiger partial charge is 0.251 e. The maximum atomic E-state index is 12.0. The van der Waals surface area contributed by atoms with Crippen LogP contribution < -0.4 is 5.32 Å². The summed E-state index contributed by atoms with van der Waals surface area (Å²) in [5.41, 5.74) is 0.500. The van der Waals surface area contributed by atoms with Gasteiger partial charge in [-0.15, -0.1) is 11.6 Å². The Morgan fingerprint density at radius 1 is 1.06 bits per heavy atom. The molecule has 0 radical (unpaired) electrons. The van der Waals surface area contributed by atoms with E-state index in [1.807, 2.05) is 0 Å². The predicted molar refractivity (Wildman–Crippen MR) is 75.8 cm³/mol. The zero-order valence-electron chi connectivity index (χ0n) is 9.76. The highest BCUT2D eigenvalue weighted by Gasteiger charge is 2.21. The van der Waals surface area contributed by atoms with Crippen molar-refractivity contribution in [3.63, 3.8) is 0 Å². The molecule has 2 rings (SSSR count).